The van der Waals surface area contributed by atoms with Gasteiger partial charge in [-0.15, -0.1) is 0 Å². The molecule has 0 saturated heterocycles. The predicted octanol–water partition coefficient (Wildman–Crippen LogP) is 4.84. The summed E-state index contributed by atoms with van der Waals surface area (Å²) in [6.45, 7) is 0.147. The number of anilines is 1. The average Bonchev–Trinajstić information content (AvgIpc) is 3.38. The van der Waals surface area contributed by atoms with Crippen molar-refractivity contribution >= 4 is 18.9 Å². The first-order valence-electron chi connectivity index (χ1n) is 12.4. The largest absolute Gasteiger partial charge is 0.497 e. The number of rotatable bonds is 11. The van der Waals surface area contributed by atoms with E-state index < -0.39 is 19.5 Å². The average molecular weight is 545 g/mol. The van der Waals surface area contributed by atoms with Gasteiger partial charge in [-0.1, -0.05) is 72.8 Å². The lowest BCUT2D eigenvalue weighted by Gasteiger charge is -2.37. The molecule has 0 aliphatic heterocycles. The Balaban J connectivity index is 1.60. The third kappa shape index (κ3) is 5.72. The summed E-state index contributed by atoms with van der Waals surface area (Å²) < 4.78 is 23.5. The molecule has 9 nitrogen and oxygen atoms in total. The van der Waals surface area contributed by atoms with Crippen molar-refractivity contribution in [1.29, 1.82) is 0 Å². The van der Waals surface area contributed by atoms with Crippen molar-refractivity contribution in [3.63, 3.8) is 0 Å². The standard InChI is InChI=1S/C29H29N4O5P/c1-37-26-15-12-24(13-16-26)29(22-8-4-2-5-9-22,23-10-6-3-7-11-23)32-28-27-17-14-25(33(27)31-20-30-28)18-19-38-21-39(34,35)36/h2-17,20H,18-19,21H2,1H3,(H,30,31,32)(H2,34,35,36). The molecule has 200 valence electrons. The second-order valence-electron chi connectivity index (χ2n) is 9.02. The second-order valence-corrected chi connectivity index (χ2v) is 10.6. The number of fused-ring (bicyclic) bond motifs is 1. The minimum atomic E-state index is -4.22. The molecular weight excluding hydrogens is 515 g/mol. The molecule has 3 N–H and O–H groups in total. The fourth-order valence-corrected chi connectivity index (χ4v) is 5.11. The SMILES string of the molecule is COc1ccc(C(Nc2ncnn3c(CCOCP(=O)(O)O)ccc23)(c2ccccc2)c2ccccc2)cc1. The van der Waals surface area contributed by atoms with E-state index in [2.05, 4.69) is 39.7 Å². The summed E-state index contributed by atoms with van der Waals surface area (Å²) in [5.41, 5.74) is 3.82. The first-order valence-corrected chi connectivity index (χ1v) is 14.2. The zero-order chi connectivity index (χ0) is 27.3. The molecule has 0 aliphatic carbocycles. The fraction of sp³-hybridized carbons (Fsp3) is 0.172. The first kappa shape index (κ1) is 26.6. The van der Waals surface area contributed by atoms with Crippen LogP contribution < -0.4 is 10.1 Å². The van der Waals surface area contributed by atoms with Crippen LogP contribution in [-0.2, 0) is 21.3 Å². The lowest BCUT2D eigenvalue weighted by molar-refractivity contribution is 0.159. The molecule has 0 saturated carbocycles. The van der Waals surface area contributed by atoms with E-state index in [9.17, 15) is 4.57 Å². The van der Waals surface area contributed by atoms with E-state index in [1.807, 2.05) is 72.8 Å². The summed E-state index contributed by atoms with van der Waals surface area (Å²) in [5.74, 6) is 1.38. The molecular formula is C29H29N4O5P. The van der Waals surface area contributed by atoms with Crippen LogP contribution in [0.2, 0.25) is 0 Å². The van der Waals surface area contributed by atoms with Gasteiger partial charge in [0.1, 0.15) is 29.5 Å². The van der Waals surface area contributed by atoms with Crippen LogP contribution in [-0.4, -0.2) is 44.4 Å². The smallest absolute Gasteiger partial charge is 0.350 e. The molecule has 39 heavy (non-hydrogen) atoms. The van der Waals surface area contributed by atoms with Crippen molar-refractivity contribution in [3.05, 3.63) is 126 Å². The Labute approximate surface area is 226 Å². The number of methoxy groups -OCH3 is 1. The van der Waals surface area contributed by atoms with Gasteiger partial charge in [0, 0.05) is 12.1 Å². The Morgan fingerprint density at radius 3 is 2.08 bits per heavy atom. The highest BCUT2D eigenvalue weighted by Crippen LogP contribution is 2.41. The van der Waals surface area contributed by atoms with Crippen LogP contribution in [0.3, 0.4) is 0 Å². The van der Waals surface area contributed by atoms with E-state index in [1.54, 1.807) is 11.6 Å². The van der Waals surface area contributed by atoms with Crippen LogP contribution in [0.5, 0.6) is 5.75 Å². The van der Waals surface area contributed by atoms with Gasteiger partial charge < -0.3 is 24.6 Å². The molecule has 0 spiro atoms. The minimum Gasteiger partial charge on any atom is -0.497 e. The highest BCUT2D eigenvalue weighted by molar-refractivity contribution is 7.51. The van der Waals surface area contributed by atoms with E-state index in [0.717, 1.165) is 33.7 Å². The summed E-state index contributed by atoms with van der Waals surface area (Å²) in [6, 6.07) is 32.2. The minimum absolute atomic E-state index is 0.147. The normalized spacial score (nSPS) is 12.0. The third-order valence-electron chi connectivity index (χ3n) is 6.53. The van der Waals surface area contributed by atoms with Gasteiger partial charge in [0.15, 0.2) is 5.82 Å². The van der Waals surface area contributed by atoms with Gasteiger partial charge in [0.05, 0.1) is 13.7 Å². The molecule has 2 aromatic heterocycles. The number of ether oxygens (including phenoxy) is 2. The van der Waals surface area contributed by atoms with Gasteiger partial charge in [-0.05, 0) is 41.0 Å². The number of benzene rings is 3. The molecule has 0 unspecified atom stereocenters. The van der Waals surface area contributed by atoms with Crippen molar-refractivity contribution in [3.8, 4) is 5.75 Å². The topological polar surface area (TPSA) is 118 Å². The summed E-state index contributed by atoms with van der Waals surface area (Å²) >= 11 is 0. The van der Waals surface area contributed by atoms with Crippen LogP contribution in [0, 0.1) is 0 Å². The zero-order valence-electron chi connectivity index (χ0n) is 21.3. The maximum Gasteiger partial charge on any atom is 0.350 e. The van der Waals surface area contributed by atoms with Crippen molar-refractivity contribution < 1.29 is 23.8 Å². The number of hydrogen-bond donors (Lipinski definition) is 3. The molecule has 0 aliphatic rings. The van der Waals surface area contributed by atoms with Crippen LogP contribution in [0.15, 0.2) is 103 Å². The molecule has 2 heterocycles. The Morgan fingerprint density at radius 2 is 1.49 bits per heavy atom. The maximum atomic E-state index is 11.1. The molecule has 0 bridgehead atoms. The second kappa shape index (κ2) is 11.4. The first-order chi connectivity index (χ1) is 18.9. The van der Waals surface area contributed by atoms with Gasteiger partial charge in [0.25, 0.3) is 0 Å². The Bertz CT molecular complexity index is 1530. The van der Waals surface area contributed by atoms with Gasteiger partial charge in [-0.2, -0.15) is 5.10 Å². The highest BCUT2D eigenvalue weighted by Gasteiger charge is 2.37. The van der Waals surface area contributed by atoms with E-state index in [4.69, 9.17) is 19.3 Å². The fourth-order valence-electron chi connectivity index (χ4n) is 4.75. The van der Waals surface area contributed by atoms with Crippen molar-refractivity contribution in [2.75, 3.05) is 25.4 Å². The lowest BCUT2D eigenvalue weighted by Crippen LogP contribution is -2.38. The Kier molecular flexibility index (Phi) is 7.77. The number of nitrogens with one attached hydrogen (secondary N) is 1. The molecule has 5 rings (SSSR count). The molecule has 0 fully saturated rings. The van der Waals surface area contributed by atoms with Gasteiger partial charge in [0.2, 0.25) is 0 Å². The molecule has 3 aromatic carbocycles. The van der Waals surface area contributed by atoms with Crippen molar-refractivity contribution in [1.82, 2.24) is 14.6 Å². The summed E-state index contributed by atoms with van der Waals surface area (Å²) in [4.78, 5) is 22.7. The molecule has 0 amide bonds. The quantitative estimate of drug-likeness (QED) is 0.123. The van der Waals surface area contributed by atoms with Gasteiger partial charge in [-0.3, -0.25) is 4.57 Å². The van der Waals surface area contributed by atoms with Gasteiger partial charge >= 0.3 is 7.60 Å². The summed E-state index contributed by atoms with van der Waals surface area (Å²) in [6.07, 6.45) is 1.30. The molecule has 0 atom stereocenters. The third-order valence-corrected chi connectivity index (χ3v) is 7.05. The zero-order valence-corrected chi connectivity index (χ0v) is 22.2. The van der Waals surface area contributed by atoms with E-state index in [1.165, 1.54) is 6.33 Å². The predicted molar refractivity (Wildman–Crippen MR) is 149 cm³/mol. The molecule has 0 radical (unpaired) electrons. The monoisotopic (exact) mass is 544 g/mol. The van der Waals surface area contributed by atoms with Crippen LogP contribution in [0.25, 0.3) is 5.52 Å². The van der Waals surface area contributed by atoms with Crippen LogP contribution in [0.1, 0.15) is 22.4 Å². The van der Waals surface area contributed by atoms with Crippen molar-refractivity contribution in [2.45, 2.75) is 12.0 Å². The number of aromatic nitrogens is 3. The lowest BCUT2D eigenvalue weighted by atomic mass is 9.77. The van der Waals surface area contributed by atoms with Crippen LogP contribution in [0.4, 0.5) is 5.82 Å². The highest BCUT2D eigenvalue weighted by atomic mass is 31.2. The van der Waals surface area contributed by atoms with E-state index in [0.29, 0.717) is 12.2 Å². The van der Waals surface area contributed by atoms with Crippen molar-refractivity contribution in [2.24, 2.45) is 0 Å². The van der Waals surface area contributed by atoms with Gasteiger partial charge in [-0.25, -0.2) is 9.50 Å². The summed E-state index contributed by atoms with van der Waals surface area (Å²) in [5, 5.41) is 8.22. The van der Waals surface area contributed by atoms with E-state index >= 15 is 0 Å². The molecule has 10 heteroatoms. The molecule has 5 aromatic rings. The maximum absolute atomic E-state index is 11.1. The summed E-state index contributed by atoms with van der Waals surface area (Å²) in [7, 11) is -2.57. The number of hydrogen-bond acceptors (Lipinski definition) is 6. The Hall–Kier alpha value is -4.01. The Morgan fingerprint density at radius 1 is 0.872 bits per heavy atom. The van der Waals surface area contributed by atoms with E-state index in [-0.39, 0.29) is 6.61 Å². The number of nitrogens with zero attached hydrogens (tertiary/aromatic N) is 3. The van der Waals surface area contributed by atoms with Crippen LogP contribution >= 0.6 is 7.60 Å².